The molecule has 2 aromatic heterocycles. The number of pyridine rings is 1. The van der Waals surface area contributed by atoms with Crippen molar-refractivity contribution in [1.82, 2.24) is 30.1 Å². The van der Waals surface area contributed by atoms with Crippen LogP contribution in [0.25, 0.3) is 10.9 Å². The second kappa shape index (κ2) is 10.4. The van der Waals surface area contributed by atoms with Crippen molar-refractivity contribution in [3.63, 3.8) is 0 Å². The van der Waals surface area contributed by atoms with Gasteiger partial charge in [-0.15, -0.1) is 5.10 Å². The van der Waals surface area contributed by atoms with Crippen molar-refractivity contribution in [3.05, 3.63) is 46.0 Å². The third kappa shape index (κ3) is 5.09. The first-order valence-corrected chi connectivity index (χ1v) is 11.8. The zero-order chi connectivity index (χ0) is 23.4. The third-order valence-corrected chi connectivity index (χ3v) is 6.62. The van der Waals surface area contributed by atoms with E-state index in [1.54, 1.807) is 7.11 Å². The number of methoxy groups -OCH3 is 1. The number of tetrazole rings is 1. The Morgan fingerprint density at radius 2 is 2.03 bits per heavy atom. The average molecular weight is 455 g/mol. The smallest absolute Gasteiger partial charge is 0.252 e. The molecule has 1 fully saturated rings. The van der Waals surface area contributed by atoms with Crippen LogP contribution in [-0.2, 0) is 6.54 Å². The summed E-state index contributed by atoms with van der Waals surface area (Å²) >= 11 is 0. The maximum absolute atomic E-state index is 12.9. The summed E-state index contributed by atoms with van der Waals surface area (Å²) in [6.45, 7) is 5.05. The Balaban J connectivity index is 1.67. The van der Waals surface area contributed by atoms with Crippen LogP contribution in [0.4, 0.5) is 0 Å². The van der Waals surface area contributed by atoms with E-state index in [9.17, 15) is 9.90 Å². The van der Waals surface area contributed by atoms with Gasteiger partial charge >= 0.3 is 0 Å². The Bertz CT molecular complexity index is 1120. The van der Waals surface area contributed by atoms with Gasteiger partial charge in [-0.05, 0) is 52.8 Å². The number of ether oxygens (including phenoxy) is 1. The largest absolute Gasteiger partial charge is 0.497 e. The molecule has 0 radical (unpaired) electrons. The zero-order valence-electron chi connectivity index (χ0n) is 19.7. The van der Waals surface area contributed by atoms with E-state index in [0.29, 0.717) is 30.4 Å². The molecule has 9 heteroatoms. The average Bonchev–Trinajstić information content (AvgIpc) is 3.29. The Morgan fingerprint density at radius 3 is 2.73 bits per heavy atom. The number of fused-ring (bicyclic) bond motifs is 1. The fourth-order valence-corrected chi connectivity index (χ4v) is 5.00. The first-order valence-electron chi connectivity index (χ1n) is 11.8. The summed E-state index contributed by atoms with van der Waals surface area (Å²) in [5.41, 5.74) is 1.23. The highest BCUT2D eigenvalue weighted by Gasteiger charge is 2.32. The molecular weight excluding hydrogens is 420 g/mol. The van der Waals surface area contributed by atoms with E-state index in [1.807, 2.05) is 28.9 Å². The Labute approximate surface area is 193 Å². The van der Waals surface area contributed by atoms with E-state index in [-0.39, 0.29) is 24.1 Å². The number of hydrogen-bond acceptors (Lipinski definition) is 7. The number of benzene rings is 1. The summed E-state index contributed by atoms with van der Waals surface area (Å²) in [6, 6.07) is 7.74. The lowest BCUT2D eigenvalue weighted by Crippen LogP contribution is -2.38. The number of hydrogen-bond donors (Lipinski definition) is 2. The molecule has 0 aliphatic heterocycles. The Kier molecular flexibility index (Phi) is 7.39. The van der Waals surface area contributed by atoms with Crippen LogP contribution in [0.1, 0.15) is 69.4 Å². The van der Waals surface area contributed by atoms with Gasteiger partial charge in [0.2, 0.25) is 0 Å². The first-order chi connectivity index (χ1) is 16.0. The minimum Gasteiger partial charge on any atom is -0.497 e. The lowest BCUT2D eigenvalue weighted by molar-refractivity contribution is 0.103. The fraction of sp³-hybridized carbons (Fsp3) is 0.583. The van der Waals surface area contributed by atoms with Gasteiger partial charge in [0.15, 0.2) is 5.82 Å². The molecule has 1 saturated carbocycles. The molecule has 0 amide bonds. The minimum absolute atomic E-state index is 0.0170. The highest BCUT2D eigenvalue weighted by Crippen LogP contribution is 2.33. The van der Waals surface area contributed by atoms with Gasteiger partial charge in [0.25, 0.3) is 5.56 Å². The number of H-pyrrole nitrogens is 1. The zero-order valence-corrected chi connectivity index (χ0v) is 19.7. The molecule has 33 heavy (non-hydrogen) atoms. The predicted octanol–water partition coefficient (Wildman–Crippen LogP) is 3.22. The predicted molar refractivity (Wildman–Crippen MR) is 126 cm³/mol. The fourth-order valence-electron chi connectivity index (χ4n) is 5.00. The van der Waals surface area contributed by atoms with Crippen LogP contribution in [0.15, 0.2) is 29.1 Å². The lowest BCUT2D eigenvalue weighted by atomic mass is 9.94. The maximum atomic E-state index is 12.9. The highest BCUT2D eigenvalue weighted by atomic mass is 16.5. The van der Waals surface area contributed by atoms with Crippen molar-refractivity contribution in [2.45, 2.75) is 64.6 Å². The third-order valence-electron chi connectivity index (χ3n) is 6.62. The van der Waals surface area contributed by atoms with Crippen LogP contribution in [0.5, 0.6) is 5.75 Å². The summed E-state index contributed by atoms with van der Waals surface area (Å²) in [5, 5.41) is 23.6. The lowest BCUT2D eigenvalue weighted by Gasteiger charge is -2.34. The molecule has 178 valence electrons. The Morgan fingerprint density at radius 1 is 1.24 bits per heavy atom. The van der Waals surface area contributed by atoms with Crippen LogP contribution < -0.4 is 10.3 Å². The molecule has 1 aliphatic carbocycles. The van der Waals surface area contributed by atoms with Crippen LogP contribution in [0.2, 0.25) is 0 Å². The van der Waals surface area contributed by atoms with Crippen molar-refractivity contribution in [3.8, 4) is 5.75 Å². The number of rotatable bonds is 9. The molecule has 9 nitrogen and oxygen atoms in total. The van der Waals surface area contributed by atoms with Crippen LogP contribution in [0.3, 0.4) is 0 Å². The van der Waals surface area contributed by atoms with Crippen molar-refractivity contribution >= 4 is 10.9 Å². The van der Waals surface area contributed by atoms with E-state index in [4.69, 9.17) is 4.74 Å². The van der Waals surface area contributed by atoms with Gasteiger partial charge < -0.3 is 14.8 Å². The molecular formula is C24H34N6O3. The molecule has 4 rings (SSSR count). The molecule has 0 saturated heterocycles. The highest BCUT2D eigenvalue weighted by molar-refractivity contribution is 5.80. The standard InChI is InChI=1S/C24H34N6O3/c1-16(2)22(23-26-27-28-30(23)19-7-5-4-6-8-19)29(11-12-31)15-18-13-17-9-10-20(33-3)14-21(17)25-24(18)32/h9-10,13-14,16,19,22,31H,4-8,11-12,15H2,1-3H3,(H,25,32)/t22-/m0/s1. The topological polar surface area (TPSA) is 109 Å². The van der Waals surface area contributed by atoms with Gasteiger partial charge in [-0.3, -0.25) is 9.69 Å². The van der Waals surface area contributed by atoms with Crippen molar-refractivity contribution in [2.24, 2.45) is 5.92 Å². The summed E-state index contributed by atoms with van der Waals surface area (Å²) in [7, 11) is 1.60. The molecule has 2 heterocycles. The number of aromatic amines is 1. The molecule has 0 unspecified atom stereocenters. The summed E-state index contributed by atoms with van der Waals surface area (Å²) in [5.74, 6) is 1.70. The van der Waals surface area contributed by atoms with Gasteiger partial charge in [0, 0.05) is 24.7 Å². The Hall–Kier alpha value is -2.78. The monoisotopic (exact) mass is 454 g/mol. The van der Waals surface area contributed by atoms with E-state index >= 15 is 0 Å². The van der Waals surface area contributed by atoms with Gasteiger partial charge in [0.1, 0.15) is 5.75 Å². The van der Waals surface area contributed by atoms with Crippen molar-refractivity contribution in [2.75, 3.05) is 20.3 Å². The quantitative estimate of drug-likeness (QED) is 0.511. The first kappa shape index (κ1) is 23.4. The number of aliphatic hydroxyl groups is 1. The van der Waals surface area contributed by atoms with E-state index in [1.165, 1.54) is 19.3 Å². The van der Waals surface area contributed by atoms with Gasteiger partial charge in [-0.25, -0.2) is 4.68 Å². The second-order valence-electron chi connectivity index (χ2n) is 9.23. The van der Waals surface area contributed by atoms with Gasteiger partial charge in [-0.2, -0.15) is 0 Å². The molecule has 2 N–H and O–H groups in total. The number of aromatic nitrogens is 5. The number of aliphatic hydroxyl groups excluding tert-OH is 1. The van der Waals surface area contributed by atoms with Crippen LogP contribution >= 0.6 is 0 Å². The van der Waals surface area contributed by atoms with Crippen LogP contribution in [-0.4, -0.2) is 55.5 Å². The summed E-state index contributed by atoms with van der Waals surface area (Å²) in [4.78, 5) is 18.0. The van der Waals surface area contributed by atoms with E-state index in [0.717, 1.165) is 29.6 Å². The molecule has 3 aromatic rings. The number of nitrogens with one attached hydrogen (secondary N) is 1. The van der Waals surface area contributed by atoms with Gasteiger partial charge in [0.05, 0.1) is 31.3 Å². The molecule has 0 spiro atoms. The molecule has 1 aliphatic rings. The minimum atomic E-state index is -0.145. The number of nitrogens with zero attached hydrogens (tertiary/aromatic N) is 5. The van der Waals surface area contributed by atoms with Crippen LogP contribution in [0, 0.1) is 5.92 Å². The SMILES string of the molecule is COc1ccc2cc(CN(CCO)[C@H](c3nnnn3C3CCCCC3)C(C)C)c(=O)[nH]c2c1. The molecule has 1 atom stereocenters. The molecule has 1 aromatic carbocycles. The normalized spacial score (nSPS) is 16.1. The second-order valence-corrected chi connectivity index (χ2v) is 9.23. The van der Waals surface area contributed by atoms with Gasteiger partial charge in [-0.1, -0.05) is 33.1 Å². The van der Waals surface area contributed by atoms with E-state index < -0.39 is 0 Å². The summed E-state index contributed by atoms with van der Waals surface area (Å²) < 4.78 is 7.26. The molecule has 0 bridgehead atoms. The maximum Gasteiger partial charge on any atom is 0.252 e. The summed E-state index contributed by atoms with van der Waals surface area (Å²) in [6.07, 6.45) is 5.80. The van der Waals surface area contributed by atoms with Crippen molar-refractivity contribution in [1.29, 1.82) is 0 Å². The van der Waals surface area contributed by atoms with Crippen molar-refractivity contribution < 1.29 is 9.84 Å². The van der Waals surface area contributed by atoms with E-state index in [2.05, 4.69) is 39.3 Å².